The predicted molar refractivity (Wildman–Crippen MR) is 80.7 cm³/mol. The summed E-state index contributed by atoms with van der Waals surface area (Å²) in [5, 5.41) is 3.32. The molecule has 1 aromatic carbocycles. The molecule has 2 aromatic rings. The molecule has 0 fully saturated rings. The van der Waals surface area contributed by atoms with Crippen molar-refractivity contribution in [2.75, 3.05) is 13.2 Å². The molecular weight excluding hydrogens is 334 g/mol. The van der Waals surface area contributed by atoms with Crippen LogP contribution in [0.5, 0.6) is 5.75 Å². The quantitative estimate of drug-likeness (QED) is 0.786. The predicted octanol–water partition coefficient (Wildman–Crippen LogP) is 4.33. The molecule has 0 radical (unpaired) electrons. The molecule has 5 heteroatoms. The number of benzene rings is 1. The van der Waals surface area contributed by atoms with Crippen LogP contribution in [-0.2, 0) is 6.54 Å². The Labute approximate surface area is 124 Å². The van der Waals surface area contributed by atoms with Crippen LogP contribution in [0, 0.1) is 0 Å². The second kappa shape index (κ2) is 7.14. The summed E-state index contributed by atoms with van der Waals surface area (Å²) in [5.41, 5.74) is 0. The van der Waals surface area contributed by atoms with Gasteiger partial charge in [-0.2, -0.15) is 0 Å². The summed E-state index contributed by atoms with van der Waals surface area (Å²) in [5.74, 6) is 0.904. The highest BCUT2D eigenvalue weighted by molar-refractivity contribution is 9.10. The number of nitrogens with one attached hydrogen (secondary N) is 1. The first-order chi connectivity index (χ1) is 8.75. The third-order valence-corrected chi connectivity index (χ3v) is 4.76. The molecule has 0 saturated carbocycles. The maximum Gasteiger partial charge on any atom is 0.119 e. The van der Waals surface area contributed by atoms with Gasteiger partial charge in [-0.3, -0.25) is 0 Å². The highest BCUT2D eigenvalue weighted by Gasteiger charge is 2.03. The van der Waals surface area contributed by atoms with Crippen LogP contribution in [0.4, 0.5) is 0 Å². The Balaban J connectivity index is 1.64. The summed E-state index contributed by atoms with van der Waals surface area (Å²) in [7, 11) is 0. The average molecular weight is 347 g/mol. The van der Waals surface area contributed by atoms with Gasteiger partial charge in [-0.15, -0.1) is 11.3 Å². The normalized spacial score (nSPS) is 10.6. The number of thiophene rings is 1. The van der Waals surface area contributed by atoms with Gasteiger partial charge in [0.05, 0.1) is 0 Å². The van der Waals surface area contributed by atoms with Crippen molar-refractivity contribution in [1.29, 1.82) is 0 Å². The average Bonchev–Trinajstić information content (AvgIpc) is 2.70. The lowest BCUT2D eigenvalue weighted by atomic mass is 10.3. The second-order valence-electron chi connectivity index (χ2n) is 3.67. The number of hydrogen-bond acceptors (Lipinski definition) is 3. The summed E-state index contributed by atoms with van der Waals surface area (Å²) in [4.78, 5) is 1.21. The summed E-state index contributed by atoms with van der Waals surface area (Å²) < 4.78 is 7.34. The molecule has 1 heterocycles. The van der Waals surface area contributed by atoms with E-state index in [0.717, 1.165) is 27.6 Å². The molecule has 96 valence electrons. The van der Waals surface area contributed by atoms with Gasteiger partial charge in [-0.05, 0) is 34.1 Å². The van der Waals surface area contributed by atoms with Gasteiger partial charge in [0.15, 0.2) is 0 Å². The first-order valence-corrected chi connectivity index (χ1v) is 7.57. The molecule has 2 rings (SSSR count). The minimum absolute atomic E-state index is 0.657. The molecular formula is C13H13BrClNOS. The van der Waals surface area contributed by atoms with Gasteiger partial charge in [0.1, 0.15) is 16.7 Å². The molecule has 0 amide bonds. The van der Waals surface area contributed by atoms with E-state index in [9.17, 15) is 0 Å². The maximum absolute atomic E-state index is 5.97. The topological polar surface area (TPSA) is 21.3 Å². The first kappa shape index (κ1) is 13.9. The van der Waals surface area contributed by atoms with Crippen molar-refractivity contribution >= 4 is 38.9 Å². The Bertz CT molecular complexity index is 469. The molecule has 0 atom stereocenters. The molecule has 0 unspecified atom stereocenters. The molecule has 2 nitrogen and oxygen atoms in total. The lowest BCUT2D eigenvalue weighted by Crippen LogP contribution is -2.20. The highest BCUT2D eigenvalue weighted by atomic mass is 79.9. The molecule has 0 aliphatic heterocycles. The number of rotatable bonds is 6. The Kier molecular flexibility index (Phi) is 5.50. The molecule has 0 bridgehead atoms. The summed E-state index contributed by atoms with van der Waals surface area (Å²) in [6, 6.07) is 11.9. The van der Waals surface area contributed by atoms with E-state index in [0.29, 0.717) is 6.61 Å². The fraction of sp³-hybridized carbons (Fsp3) is 0.231. The van der Waals surface area contributed by atoms with E-state index in [1.807, 2.05) is 36.4 Å². The van der Waals surface area contributed by atoms with Gasteiger partial charge >= 0.3 is 0 Å². The van der Waals surface area contributed by atoms with Crippen molar-refractivity contribution in [3.8, 4) is 5.75 Å². The Hall–Kier alpha value is -0.550. The molecule has 0 spiro atoms. The van der Waals surface area contributed by atoms with Crippen molar-refractivity contribution in [3.05, 3.63) is 50.1 Å². The zero-order valence-corrected chi connectivity index (χ0v) is 12.8. The third-order valence-electron chi connectivity index (χ3n) is 2.29. The summed E-state index contributed by atoms with van der Waals surface area (Å²) in [6.45, 7) is 2.28. The number of hydrogen-bond donors (Lipinski definition) is 1. The number of ether oxygens (including phenoxy) is 1. The second-order valence-corrected chi connectivity index (χ2v) is 6.27. The first-order valence-electron chi connectivity index (χ1n) is 5.58. The zero-order valence-electron chi connectivity index (χ0n) is 9.66. The molecule has 1 aromatic heterocycles. The van der Waals surface area contributed by atoms with Gasteiger partial charge in [0.25, 0.3) is 0 Å². The molecule has 0 aliphatic rings. The van der Waals surface area contributed by atoms with E-state index in [1.54, 1.807) is 11.3 Å². The zero-order chi connectivity index (χ0) is 12.8. The fourth-order valence-electron chi connectivity index (χ4n) is 1.45. The minimum atomic E-state index is 0.657. The van der Waals surface area contributed by atoms with Crippen LogP contribution < -0.4 is 10.1 Å². The fourth-order valence-corrected chi connectivity index (χ4v) is 3.21. The van der Waals surface area contributed by atoms with Gasteiger partial charge in [-0.1, -0.05) is 29.8 Å². The maximum atomic E-state index is 5.97. The molecule has 1 N–H and O–H groups in total. The van der Waals surface area contributed by atoms with Crippen LogP contribution in [0.3, 0.4) is 0 Å². The molecule has 0 saturated heterocycles. The van der Waals surface area contributed by atoms with Crippen molar-refractivity contribution in [1.82, 2.24) is 5.32 Å². The number of halogens is 2. The van der Waals surface area contributed by atoms with Crippen molar-refractivity contribution in [2.24, 2.45) is 0 Å². The van der Waals surface area contributed by atoms with Crippen LogP contribution in [0.15, 0.2) is 40.9 Å². The van der Waals surface area contributed by atoms with E-state index < -0.39 is 0 Å². The minimum Gasteiger partial charge on any atom is -0.492 e. The SMILES string of the molecule is Clc1sc(CNCCOc2ccccc2)cc1Br. The van der Waals surface area contributed by atoms with Gasteiger partial charge in [0, 0.05) is 22.4 Å². The lowest BCUT2D eigenvalue weighted by Gasteiger charge is -2.06. The Morgan fingerprint density at radius 2 is 2.06 bits per heavy atom. The Morgan fingerprint density at radius 3 is 2.72 bits per heavy atom. The van der Waals surface area contributed by atoms with E-state index in [1.165, 1.54) is 4.88 Å². The van der Waals surface area contributed by atoms with Gasteiger partial charge in [0.2, 0.25) is 0 Å². The molecule has 18 heavy (non-hydrogen) atoms. The van der Waals surface area contributed by atoms with Crippen LogP contribution >= 0.6 is 38.9 Å². The van der Waals surface area contributed by atoms with Crippen LogP contribution in [-0.4, -0.2) is 13.2 Å². The van der Waals surface area contributed by atoms with Crippen molar-refractivity contribution in [2.45, 2.75) is 6.54 Å². The highest BCUT2D eigenvalue weighted by Crippen LogP contribution is 2.31. The monoisotopic (exact) mass is 345 g/mol. The van der Waals surface area contributed by atoms with E-state index in [4.69, 9.17) is 16.3 Å². The standard InChI is InChI=1S/C13H13BrClNOS/c14-12-8-11(18-13(12)15)9-16-6-7-17-10-4-2-1-3-5-10/h1-5,8,16H,6-7,9H2. The smallest absolute Gasteiger partial charge is 0.119 e. The van der Waals surface area contributed by atoms with E-state index in [2.05, 4.69) is 21.2 Å². The van der Waals surface area contributed by atoms with E-state index >= 15 is 0 Å². The van der Waals surface area contributed by atoms with Crippen LogP contribution in [0.2, 0.25) is 4.34 Å². The van der Waals surface area contributed by atoms with Crippen molar-refractivity contribution < 1.29 is 4.74 Å². The summed E-state index contributed by atoms with van der Waals surface area (Å²) in [6.07, 6.45) is 0. The molecule has 0 aliphatic carbocycles. The van der Waals surface area contributed by atoms with Crippen LogP contribution in [0.25, 0.3) is 0 Å². The van der Waals surface area contributed by atoms with Crippen molar-refractivity contribution in [3.63, 3.8) is 0 Å². The van der Waals surface area contributed by atoms with E-state index in [-0.39, 0.29) is 0 Å². The lowest BCUT2D eigenvalue weighted by molar-refractivity contribution is 0.314. The van der Waals surface area contributed by atoms with Crippen LogP contribution in [0.1, 0.15) is 4.88 Å². The van der Waals surface area contributed by atoms with Gasteiger partial charge in [-0.25, -0.2) is 0 Å². The van der Waals surface area contributed by atoms with Gasteiger partial charge < -0.3 is 10.1 Å². The summed E-state index contributed by atoms with van der Waals surface area (Å²) >= 11 is 10.9. The Morgan fingerprint density at radius 1 is 1.28 bits per heavy atom. The largest absolute Gasteiger partial charge is 0.492 e. The number of para-hydroxylation sites is 1. The third kappa shape index (κ3) is 4.28.